The van der Waals surface area contributed by atoms with Crippen LogP contribution in [0.5, 0.6) is 0 Å². The Morgan fingerprint density at radius 2 is 1.95 bits per heavy atom. The largest absolute Gasteiger partial charge is 0.326 e. The monoisotopic (exact) mass is 258 g/mol. The zero-order valence-corrected chi connectivity index (χ0v) is 12.4. The summed E-state index contributed by atoms with van der Waals surface area (Å²) in [7, 11) is 0. The van der Waals surface area contributed by atoms with E-state index in [1.54, 1.807) is 11.1 Å². The van der Waals surface area contributed by atoms with E-state index in [0.717, 1.165) is 13.1 Å². The van der Waals surface area contributed by atoms with Crippen LogP contribution >= 0.6 is 0 Å². The number of nitrogens with zero attached hydrogens (tertiary/aromatic N) is 1. The highest BCUT2D eigenvalue weighted by Gasteiger charge is 2.38. The SMILES string of the molecule is CC1CN(C2CCC(C)(C)c3ccccc32)CC1N. The summed E-state index contributed by atoms with van der Waals surface area (Å²) >= 11 is 0. The molecule has 3 unspecified atom stereocenters. The van der Waals surface area contributed by atoms with Crippen LogP contribution in [0.2, 0.25) is 0 Å². The summed E-state index contributed by atoms with van der Waals surface area (Å²) in [5.41, 5.74) is 9.61. The van der Waals surface area contributed by atoms with Crippen molar-refractivity contribution < 1.29 is 0 Å². The van der Waals surface area contributed by atoms with E-state index in [9.17, 15) is 0 Å². The molecular formula is C17H26N2. The first-order valence-corrected chi connectivity index (χ1v) is 7.58. The Morgan fingerprint density at radius 1 is 1.21 bits per heavy atom. The Hall–Kier alpha value is -0.860. The number of likely N-dealkylation sites (tertiary alicyclic amines) is 1. The zero-order valence-electron chi connectivity index (χ0n) is 12.4. The average Bonchev–Trinajstić information content (AvgIpc) is 2.70. The van der Waals surface area contributed by atoms with Crippen LogP contribution in [0, 0.1) is 5.92 Å². The summed E-state index contributed by atoms with van der Waals surface area (Å²) in [6.45, 7) is 9.24. The van der Waals surface area contributed by atoms with E-state index < -0.39 is 0 Å². The standard InChI is InChI=1S/C17H26N2/c1-12-10-19(11-15(12)18)16-8-9-17(2,3)14-7-5-4-6-13(14)16/h4-7,12,15-16H,8-11,18H2,1-3H3. The molecule has 1 fully saturated rings. The Morgan fingerprint density at radius 3 is 2.63 bits per heavy atom. The quantitative estimate of drug-likeness (QED) is 0.839. The minimum atomic E-state index is 0.320. The van der Waals surface area contributed by atoms with E-state index in [-0.39, 0.29) is 0 Å². The first kappa shape index (κ1) is 13.1. The third-order valence-electron chi connectivity index (χ3n) is 5.23. The molecule has 19 heavy (non-hydrogen) atoms. The van der Waals surface area contributed by atoms with Crippen molar-refractivity contribution in [2.24, 2.45) is 11.7 Å². The third-order valence-corrected chi connectivity index (χ3v) is 5.23. The molecule has 2 N–H and O–H groups in total. The fraction of sp³-hybridized carbons (Fsp3) is 0.647. The molecule has 2 aliphatic rings. The molecule has 2 heteroatoms. The van der Waals surface area contributed by atoms with Crippen LogP contribution in [0.3, 0.4) is 0 Å². The second-order valence-corrected chi connectivity index (χ2v) is 7.12. The van der Waals surface area contributed by atoms with Crippen LogP contribution in [0.1, 0.15) is 50.8 Å². The van der Waals surface area contributed by atoms with E-state index in [1.807, 2.05) is 0 Å². The zero-order chi connectivity index (χ0) is 13.6. The summed E-state index contributed by atoms with van der Waals surface area (Å²) in [6.07, 6.45) is 2.54. The van der Waals surface area contributed by atoms with Crippen LogP contribution in [0.15, 0.2) is 24.3 Å². The summed E-state index contributed by atoms with van der Waals surface area (Å²) in [4.78, 5) is 2.61. The van der Waals surface area contributed by atoms with Gasteiger partial charge in [0.15, 0.2) is 0 Å². The molecule has 1 aromatic carbocycles. The van der Waals surface area contributed by atoms with Crippen LogP contribution in [-0.2, 0) is 5.41 Å². The lowest BCUT2D eigenvalue weighted by Crippen LogP contribution is -2.36. The number of fused-ring (bicyclic) bond motifs is 1. The molecule has 1 saturated heterocycles. The Balaban J connectivity index is 1.93. The highest BCUT2D eigenvalue weighted by Crippen LogP contribution is 2.44. The number of benzene rings is 1. The molecule has 1 aliphatic heterocycles. The van der Waals surface area contributed by atoms with Gasteiger partial charge in [-0.1, -0.05) is 45.0 Å². The number of rotatable bonds is 1. The maximum atomic E-state index is 6.21. The van der Waals surface area contributed by atoms with Gasteiger partial charge < -0.3 is 5.73 Å². The van der Waals surface area contributed by atoms with Crippen molar-refractivity contribution in [1.82, 2.24) is 4.90 Å². The van der Waals surface area contributed by atoms with Crippen LogP contribution in [0.4, 0.5) is 0 Å². The van der Waals surface area contributed by atoms with Crippen molar-refractivity contribution in [2.45, 2.75) is 51.1 Å². The lowest BCUT2D eigenvalue weighted by molar-refractivity contribution is 0.194. The number of hydrogen-bond acceptors (Lipinski definition) is 2. The maximum absolute atomic E-state index is 6.21. The van der Waals surface area contributed by atoms with Gasteiger partial charge in [-0.2, -0.15) is 0 Å². The summed E-state index contributed by atoms with van der Waals surface area (Å²) in [6, 6.07) is 9.95. The molecule has 104 valence electrons. The smallest absolute Gasteiger partial charge is 0.0352 e. The molecule has 0 spiro atoms. The normalized spacial score (nSPS) is 34.2. The molecule has 0 aromatic heterocycles. The lowest BCUT2D eigenvalue weighted by atomic mass is 9.71. The van der Waals surface area contributed by atoms with Gasteiger partial charge >= 0.3 is 0 Å². The second kappa shape index (κ2) is 4.60. The molecule has 0 bridgehead atoms. The van der Waals surface area contributed by atoms with Crippen molar-refractivity contribution >= 4 is 0 Å². The molecule has 1 aliphatic carbocycles. The molecular weight excluding hydrogens is 232 g/mol. The predicted molar refractivity (Wildman–Crippen MR) is 80.2 cm³/mol. The van der Waals surface area contributed by atoms with Crippen molar-refractivity contribution in [3.05, 3.63) is 35.4 Å². The molecule has 3 atom stereocenters. The fourth-order valence-electron chi connectivity index (χ4n) is 3.86. The molecule has 0 amide bonds. The van der Waals surface area contributed by atoms with Crippen molar-refractivity contribution in [3.63, 3.8) is 0 Å². The Kier molecular flexibility index (Phi) is 3.18. The lowest BCUT2D eigenvalue weighted by Gasteiger charge is -2.40. The molecule has 2 nitrogen and oxygen atoms in total. The molecule has 0 radical (unpaired) electrons. The van der Waals surface area contributed by atoms with Crippen LogP contribution in [-0.4, -0.2) is 24.0 Å². The summed E-state index contributed by atoms with van der Waals surface area (Å²) in [5, 5.41) is 0. The van der Waals surface area contributed by atoms with E-state index in [0.29, 0.717) is 23.4 Å². The summed E-state index contributed by atoms with van der Waals surface area (Å²) < 4.78 is 0. The van der Waals surface area contributed by atoms with Crippen LogP contribution in [0.25, 0.3) is 0 Å². The van der Waals surface area contributed by atoms with Gasteiger partial charge in [0.05, 0.1) is 0 Å². The van der Waals surface area contributed by atoms with Gasteiger partial charge in [-0.3, -0.25) is 4.90 Å². The van der Waals surface area contributed by atoms with Gasteiger partial charge in [0.2, 0.25) is 0 Å². The van der Waals surface area contributed by atoms with E-state index in [2.05, 4.69) is 49.9 Å². The highest BCUT2D eigenvalue weighted by molar-refractivity contribution is 5.38. The fourth-order valence-corrected chi connectivity index (χ4v) is 3.86. The van der Waals surface area contributed by atoms with E-state index in [1.165, 1.54) is 12.8 Å². The van der Waals surface area contributed by atoms with Gasteiger partial charge in [0, 0.05) is 25.2 Å². The molecule has 1 heterocycles. The molecule has 1 aromatic rings. The van der Waals surface area contributed by atoms with Gasteiger partial charge in [-0.15, -0.1) is 0 Å². The van der Waals surface area contributed by atoms with Crippen molar-refractivity contribution in [1.29, 1.82) is 0 Å². The van der Waals surface area contributed by atoms with Gasteiger partial charge in [0.1, 0.15) is 0 Å². The summed E-state index contributed by atoms with van der Waals surface area (Å²) in [5.74, 6) is 0.627. The first-order chi connectivity index (χ1) is 8.99. The molecule has 3 rings (SSSR count). The van der Waals surface area contributed by atoms with Gasteiger partial charge in [0.25, 0.3) is 0 Å². The van der Waals surface area contributed by atoms with Crippen LogP contribution < -0.4 is 5.73 Å². The van der Waals surface area contributed by atoms with E-state index in [4.69, 9.17) is 5.73 Å². The third kappa shape index (κ3) is 2.21. The number of nitrogens with two attached hydrogens (primary N) is 1. The van der Waals surface area contributed by atoms with Gasteiger partial charge in [-0.05, 0) is 35.3 Å². The van der Waals surface area contributed by atoms with Gasteiger partial charge in [-0.25, -0.2) is 0 Å². The first-order valence-electron chi connectivity index (χ1n) is 7.58. The van der Waals surface area contributed by atoms with E-state index >= 15 is 0 Å². The molecule has 0 saturated carbocycles. The second-order valence-electron chi connectivity index (χ2n) is 7.12. The predicted octanol–water partition coefficient (Wildman–Crippen LogP) is 3.08. The van der Waals surface area contributed by atoms with Crippen molar-refractivity contribution in [3.8, 4) is 0 Å². The Labute approximate surface area is 117 Å². The Bertz CT molecular complexity index is 456. The average molecular weight is 258 g/mol. The topological polar surface area (TPSA) is 29.3 Å². The van der Waals surface area contributed by atoms with Crippen molar-refractivity contribution in [2.75, 3.05) is 13.1 Å². The maximum Gasteiger partial charge on any atom is 0.0352 e. The number of hydrogen-bond donors (Lipinski definition) is 1. The minimum Gasteiger partial charge on any atom is -0.326 e. The minimum absolute atomic E-state index is 0.320. The highest BCUT2D eigenvalue weighted by atomic mass is 15.2.